The third kappa shape index (κ3) is 4.43. The summed E-state index contributed by atoms with van der Waals surface area (Å²) in [6.07, 6.45) is 3.38. The maximum Gasteiger partial charge on any atom is 0.230 e. The van der Waals surface area contributed by atoms with Crippen molar-refractivity contribution in [1.82, 2.24) is 20.1 Å². The van der Waals surface area contributed by atoms with Crippen LogP contribution in [-0.4, -0.2) is 26.4 Å². The molecule has 6 nitrogen and oxygen atoms in total. The molecule has 1 aromatic carbocycles. The van der Waals surface area contributed by atoms with Gasteiger partial charge in [-0.25, -0.2) is 0 Å². The van der Waals surface area contributed by atoms with Gasteiger partial charge in [0.05, 0.1) is 18.6 Å². The number of hydrogen-bond acceptors (Lipinski definition) is 5. The van der Waals surface area contributed by atoms with Crippen LogP contribution in [0.4, 0.5) is 0 Å². The number of thioether (sulfide) groups is 1. The summed E-state index contributed by atoms with van der Waals surface area (Å²) in [5.41, 5.74) is 2.15. The summed E-state index contributed by atoms with van der Waals surface area (Å²) in [5, 5.41) is 12.1. The van der Waals surface area contributed by atoms with E-state index in [0.29, 0.717) is 18.2 Å². The number of rotatable bonds is 8. The van der Waals surface area contributed by atoms with E-state index >= 15 is 0 Å². The lowest BCUT2D eigenvalue weighted by atomic mass is 10.1. The van der Waals surface area contributed by atoms with Crippen LogP contribution in [0.25, 0.3) is 11.4 Å². The van der Waals surface area contributed by atoms with Gasteiger partial charge < -0.3 is 9.73 Å². The van der Waals surface area contributed by atoms with Gasteiger partial charge in [-0.2, -0.15) is 0 Å². The van der Waals surface area contributed by atoms with Crippen LogP contribution in [0.1, 0.15) is 11.3 Å². The molecule has 0 spiro atoms. The minimum absolute atomic E-state index is 0.0864. The number of amides is 1. The molecule has 7 heteroatoms. The van der Waals surface area contributed by atoms with Crippen molar-refractivity contribution in [3.05, 3.63) is 66.6 Å². The van der Waals surface area contributed by atoms with Crippen LogP contribution in [0.5, 0.6) is 0 Å². The molecule has 2 heterocycles. The number of nitrogens with one attached hydrogen (secondary N) is 1. The van der Waals surface area contributed by atoms with Gasteiger partial charge in [0.2, 0.25) is 5.91 Å². The second kappa shape index (κ2) is 8.53. The van der Waals surface area contributed by atoms with Gasteiger partial charge in [-0.05, 0) is 25.1 Å². The molecule has 3 aromatic rings. The summed E-state index contributed by atoms with van der Waals surface area (Å²) in [4.78, 5) is 12.1. The summed E-state index contributed by atoms with van der Waals surface area (Å²) in [6, 6.07) is 11.7. The first-order valence-electron chi connectivity index (χ1n) is 8.20. The van der Waals surface area contributed by atoms with Crippen LogP contribution in [0.3, 0.4) is 0 Å². The van der Waals surface area contributed by atoms with Crippen LogP contribution in [-0.2, 0) is 17.9 Å². The molecular weight excluding hydrogens is 348 g/mol. The van der Waals surface area contributed by atoms with E-state index in [2.05, 4.69) is 28.2 Å². The Morgan fingerprint density at radius 3 is 2.96 bits per heavy atom. The van der Waals surface area contributed by atoms with E-state index < -0.39 is 0 Å². The lowest BCUT2D eigenvalue weighted by Crippen LogP contribution is -2.24. The summed E-state index contributed by atoms with van der Waals surface area (Å²) < 4.78 is 7.17. The Morgan fingerprint density at radius 1 is 1.35 bits per heavy atom. The molecular formula is C19H20N4O2S. The monoisotopic (exact) mass is 368 g/mol. The lowest BCUT2D eigenvalue weighted by molar-refractivity contribution is -0.118. The lowest BCUT2D eigenvalue weighted by Gasteiger charge is -2.08. The van der Waals surface area contributed by atoms with Crippen LogP contribution >= 0.6 is 11.8 Å². The molecule has 0 aliphatic rings. The highest BCUT2D eigenvalue weighted by Gasteiger charge is 2.15. The normalized spacial score (nSPS) is 10.7. The number of carbonyl (C=O) groups excluding carboxylic acids is 1. The van der Waals surface area contributed by atoms with Crippen LogP contribution in [0.15, 0.2) is 64.9 Å². The second-order valence-corrected chi connectivity index (χ2v) is 6.66. The largest absolute Gasteiger partial charge is 0.467 e. The van der Waals surface area contributed by atoms with E-state index in [4.69, 9.17) is 4.42 Å². The van der Waals surface area contributed by atoms with Gasteiger partial charge in [-0.1, -0.05) is 41.6 Å². The topological polar surface area (TPSA) is 73.0 Å². The zero-order valence-electron chi connectivity index (χ0n) is 14.5. The van der Waals surface area contributed by atoms with Crippen molar-refractivity contribution in [2.45, 2.75) is 25.2 Å². The molecule has 1 N–H and O–H groups in total. The summed E-state index contributed by atoms with van der Waals surface area (Å²) >= 11 is 1.35. The molecule has 26 heavy (non-hydrogen) atoms. The number of carbonyl (C=O) groups is 1. The predicted molar refractivity (Wildman–Crippen MR) is 102 cm³/mol. The Morgan fingerprint density at radius 2 is 2.23 bits per heavy atom. The molecule has 0 fully saturated rings. The molecule has 0 unspecified atom stereocenters. The minimum Gasteiger partial charge on any atom is -0.467 e. The zero-order valence-corrected chi connectivity index (χ0v) is 15.3. The molecule has 1 amide bonds. The first-order chi connectivity index (χ1) is 12.7. The average molecular weight is 368 g/mol. The molecule has 0 radical (unpaired) electrons. The van der Waals surface area contributed by atoms with Gasteiger partial charge in [-0.15, -0.1) is 16.8 Å². The van der Waals surface area contributed by atoms with Gasteiger partial charge in [0, 0.05) is 12.1 Å². The predicted octanol–water partition coefficient (Wildman–Crippen LogP) is 3.44. The highest BCUT2D eigenvalue weighted by Crippen LogP contribution is 2.24. The fourth-order valence-electron chi connectivity index (χ4n) is 2.47. The molecule has 3 rings (SSSR count). The molecule has 0 aliphatic carbocycles. The quantitative estimate of drug-likeness (QED) is 0.487. The first-order valence-corrected chi connectivity index (χ1v) is 9.19. The van der Waals surface area contributed by atoms with Crippen LogP contribution < -0.4 is 5.32 Å². The fraction of sp³-hybridized carbons (Fsp3) is 0.211. The van der Waals surface area contributed by atoms with E-state index in [1.807, 2.05) is 35.8 Å². The number of aromatic nitrogens is 3. The minimum atomic E-state index is -0.0864. The van der Waals surface area contributed by atoms with Gasteiger partial charge in [0.25, 0.3) is 0 Å². The Bertz CT molecular complexity index is 887. The zero-order chi connectivity index (χ0) is 18.4. The molecule has 0 atom stereocenters. The highest BCUT2D eigenvalue weighted by atomic mass is 32.2. The number of hydrogen-bond donors (Lipinski definition) is 1. The smallest absolute Gasteiger partial charge is 0.230 e. The molecule has 0 saturated carbocycles. The van der Waals surface area contributed by atoms with Crippen molar-refractivity contribution >= 4 is 17.7 Å². The molecule has 0 aliphatic heterocycles. The van der Waals surface area contributed by atoms with E-state index in [-0.39, 0.29) is 11.7 Å². The summed E-state index contributed by atoms with van der Waals surface area (Å²) in [5.74, 6) is 1.66. The van der Waals surface area contributed by atoms with Crippen molar-refractivity contribution in [2.75, 3.05) is 5.75 Å². The molecule has 2 aromatic heterocycles. The Labute approximate surface area is 156 Å². The Hall–Kier alpha value is -2.80. The van der Waals surface area contributed by atoms with Crippen LogP contribution in [0, 0.1) is 6.92 Å². The molecule has 0 saturated heterocycles. The van der Waals surface area contributed by atoms with Gasteiger partial charge in [0.15, 0.2) is 11.0 Å². The van der Waals surface area contributed by atoms with Crippen molar-refractivity contribution in [3.63, 3.8) is 0 Å². The summed E-state index contributed by atoms with van der Waals surface area (Å²) in [7, 11) is 0. The highest BCUT2D eigenvalue weighted by molar-refractivity contribution is 7.99. The summed E-state index contributed by atoms with van der Waals surface area (Å²) in [6.45, 7) is 6.80. The second-order valence-electron chi connectivity index (χ2n) is 5.72. The first kappa shape index (κ1) is 18.0. The average Bonchev–Trinajstić information content (AvgIpc) is 3.28. The van der Waals surface area contributed by atoms with Gasteiger partial charge in [0.1, 0.15) is 5.76 Å². The van der Waals surface area contributed by atoms with Crippen molar-refractivity contribution < 1.29 is 9.21 Å². The van der Waals surface area contributed by atoms with E-state index in [1.165, 1.54) is 11.8 Å². The van der Waals surface area contributed by atoms with E-state index in [1.54, 1.807) is 18.4 Å². The standard InChI is InChI=1S/C19H20N4O2S/c1-3-9-23-18(15-7-4-6-14(2)11-15)21-22-19(23)26-13-17(24)20-12-16-8-5-10-25-16/h3-8,10-11H,1,9,12-13H2,2H3,(H,20,24). The number of aryl methyl sites for hydroxylation is 1. The van der Waals surface area contributed by atoms with E-state index in [9.17, 15) is 4.79 Å². The van der Waals surface area contributed by atoms with Gasteiger partial charge in [-0.3, -0.25) is 9.36 Å². The van der Waals surface area contributed by atoms with Crippen molar-refractivity contribution in [2.24, 2.45) is 0 Å². The SMILES string of the molecule is C=CCn1c(SCC(=O)NCc2ccco2)nnc1-c1cccc(C)c1. The van der Waals surface area contributed by atoms with Gasteiger partial charge >= 0.3 is 0 Å². The third-order valence-corrected chi connectivity index (χ3v) is 4.64. The number of furan rings is 1. The molecule has 0 bridgehead atoms. The van der Waals surface area contributed by atoms with Crippen molar-refractivity contribution in [1.29, 1.82) is 0 Å². The third-order valence-electron chi connectivity index (χ3n) is 3.68. The Kier molecular flexibility index (Phi) is 5.91. The Balaban J connectivity index is 1.67. The maximum absolute atomic E-state index is 12.1. The fourth-order valence-corrected chi connectivity index (χ4v) is 3.24. The molecule has 134 valence electrons. The maximum atomic E-state index is 12.1. The van der Waals surface area contributed by atoms with Crippen molar-refractivity contribution in [3.8, 4) is 11.4 Å². The number of allylic oxidation sites excluding steroid dienone is 1. The van der Waals surface area contributed by atoms with Crippen LogP contribution in [0.2, 0.25) is 0 Å². The van der Waals surface area contributed by atoms with E-state index in [0.717, 1.165) is 22.7 Å². The number of benzene rings is 1. The number of nitrogens with zero attached hydrogens (tertiary/aromatic N) is 3.